The van der Waals surface area contributed by atoms with Crippen LogP contribution in [0, 0.1) is 17.3 Å². The molecule has 0 amide bonds. The monoisotopic (exact) mass is 396 g/mol. The van der Waals surface area contributed by atoms with E-state index in [2.05, 4.69) is 6.92 Å². The van der Waals surface area contributed by atoms with E-state index in [4.69, 9.17) is 25.8 Å². The molecule has 7 heteroatoms. The van der Waals surface area contributed by atoms with Crippen LogP contribution in [0.5, 0.6) is 0 Å². The Bertz CT molecular complexity index is 810. The van der Waals surface area contributed by atoms with Crippen molar-refractivity contribution in [3.63, 3.8) is 0 Å². The summed E-state index contributed by atoms with van der Waals surface area (Å²) in [6, 6.07) is 0. The van der Waals surface area contributed by atoms with E-state index in [1.807, 2.05) is 13.8 Å². The second kappa shape index (κ2) is 4.57. The van der Waals surface area contributed by atoms with Crippen molar-refractivity contribution >= 4 is 17.6 Å². The number of alkyl halides is 1. The number of esters is 1. The number of hydrogen-bond donors (Lipinski definition) is 2. The van der Waals surface area contributed by atoms with Gasteiger partial charge in [0.15, 0.2) is 5.60 Å². The molecule has 3 aliphatic heterocycles. The van der Waals surface area contributed by atoms with Gasteiger partial charge in [0, 0.05) is 11.0 Å². The maximum atomic E-state index is 12.1. The first-order valence-corrected chi connectivity index (χ1v) is 10.4. The molecule has 0 aromatic carbocycles. The van der Waals surface area contributed by atoms with Crippen molar-refractivity contribution in [3.05, 3.63) is 11.1 Å². The molecule has 0 aromatic rings. The maximum absolute atomic E-state index is 12.1. The van der Waals surface area contributed by atoms with Gasteiger partial charge in [-0.1, -0.05) is 20.8 Å². The molecule has 6 aliphatic rings. The van der Waals surface area contributed by atoms with Crippen LogP contribution in [-0.2, 0) is 19.0 Å². The van der Waals surface area contributed by atoms with E-state index < -0.39 is 28.3 Å². The molecule has 0 radical (unpaired) electrons. The molecular weight excluding hydrogens is 372 g/mol. The van der Waals surface area contributed by atoms with Gasteiger partial charge in [0.1, 0.15) is 30.0 Å². The summed E-state index contributed by atoms with van der Waals surface area (Å²) in [7, 11) is 0. The normalized spacial score (nSPS) is 60.1. The van der Waals surface area contributed by atoms with Gasteiger partial charge in [-0.3, -0.25) is 0 Å². The second-order valence-electron chi connectivity index (χ2n) is 9.81. The molecule has 0 aromatic heterocycles. The van der Waals surface area contributed by atoms with E-state index in [0.717, 1.165) is 17.6 Å². The molecule has 6 rings (SSSR count). The maximum Gasteiger partial charge on any atom is 0.334 e. The van der Waals surface area contributed by atoms with Crippen LogP contribution in [0.15, 0.2) is 11.1 Å². The number of epoxide rings is 2. The van der Waals surface area contributed by atoms with Crippen LogP contribution in [-0.4, -0.2) is 63.3 Å². The third-order valence-corrected chi connectivity index (χ3v) is 9.43. The smallest absolute Gasteiger partial charge is 0.334 e. The quantitative estimate of drug-likeness (QED) is 0.394. The molecule has 2 N–H and O–H groups in total. The fourth-order valence-corrected chi connectivity index (χ4v) is 7.85. The number of hydrogen-bond acceptors (Lipinski definition) is 6. The average Bonchev–Trinajstić information content (AvgIpc) is 3.50. The Hall–Kier alpha value is -0.660. The molecule has 27 heavy (non-hydrogen) atoms. The minimum Gasteiger partial charge on any atom is -0.458 e. The molecule has 148 valence electrons. The molecule has 2 spiro atoms. The second-order valence-corrected chi connectivity index (χ2v) is 10.3. The van der Waals surface area contributed by atoms with Gasteiger partial charge in [0.25, 0.3) is 0 Å². The number of carbonyl (C=O) groups excluding carboxylic acids is 1. The number of rotatable bonds is 1. The minimum atomic E-state index is -1.46. The summed E-state index contributed by atoms with van der Waals surface area (Å²) >= 11 is 6.75. The van der Waals surface area contributed by atoms with Gasteiger partial charge < -0.3 is 24.4 Å². The highest BCUT2D eigenvalue weighted by molar-refractivity contribution is 6.22. The largest absolute Gasteiger partial charge is 0.458 e. The predicted molar refractivity (Wildman–Crippen MR) is 94.1 cm³/mol. The molecule has 0 bridgehead atoms. The molecular formula is C20H25ClO6. The summed E-state index contributed by atoms with van der Waals surface area (Å²) in [6.07, 6.45) is 0.446. The summed E-state index contributed by atoms with van der Waals surface area (Å²) in [5.41, 5.74) is -1.51. The lowest BCUT2D eigenvalue weighted by atomic mass is 9.46. The van der Waals surface area contributed by atoms with Gasteiger partial charge >= 0.3 is 5.97 Å². The summed E-state index contributed by atoms with van der Waals surface area (Å²) in [5.74, 6) is -0.317. The number of fused-ring (bicyclic) bond motifs is 2. The Morgan fingerprint density at radius 2 is 2.04 bits per heavy atom. The van der Waals surface area contributed by atoms with E-state index in [0.29, 0.717) is 19.4 Å². The van der Waals surface area contributed by atoms with Crippen molar-refractivity contribution in [2.24, 2.45) is 17.3 Å². The van der Waals surface area contributed by atoms with E-state index >= 15 is 0 Å². The lowest BCUT2D eigenvalue weighted by molar-refractivity contribution is -0.177. The third-order valence-electron chi connectivity index (χ3n) is 8.85. The fourth-order valence-electron chi connectivity index (χ4n) is 7.24. The van der Waals surface area contributed by atoms with Crippen molar-refractivity contribution in [1.82, 2.24) is 0 Å². The van der Waals surface area contributed by atoms with Crippen LogP contribution in [0.4, 0.5) is 0 Å². The first-order chi connectivity index (χ1) is 12.7. The molecule has 2 saturated heterocycles. The van der Waals surface area contributed by atoms with E-state index in [1.54, 1.807) is 0 Å². The van der Waals surface area contributed by atoms with Crippen molar-refractivity contribution in [2.45, 2.75) is 80.5 Å². The highest BCUT2D eigenvalue weighted by Crippen LogP contribution is 2.80. The zero-order valence-electron chi connectivity index (χ0n) is 15.7. The first kappa shape index (κ1) is 17.2. The van der Waals surface area contributed by atoms with Gasteiger partial charge in [-0.05, 0) is 36.7 Å². The number of aliphatic hydroxyl groups excluding tert-OH is 1. The first-order valence-electron chi connectivity index (χ1n) is 9.95. The Kier molecular flexibility index (Phi) is 2.91. The van der Waals surface area contributed by atoms with Crippen LogP contribution < -0.4 is 0 Å². The van der Waals surface area contributed by atoms with Crippen molar-refractivity contribution in [3.8, 4) is 0 Å². The van der Waals surface area contributed by atoms with Crippen LogP contribution >= 0.6 is 11.6 Å². The molecule has 3 heterocycles. The topological polar surface area (TPSA) is 91.8 Å². The number of ether oxygens (including phenoxy) is 3. The summed E-state index contributed by atoms with van der Waals surface area (Å²) in [4.78, 5) is 12.1. The average molecular weight is 397 g/mol. The Morgan fingerprint density at radius 1 is 1.30 bits per heavy atom. The number of aliphatic hydroxyl groups is 2. The van der Waals surface area contributed by atoms with E-state index in [-0.39, 0.29) is 35.4 Å². The molecule has 0 unspecified atom stereocenters. The molecule has 2 saturated carbocycles. The van der Waals surface area contributed by atoms with Crippen molar-refractivity contribution in [2.75, 3.05) is 6.61 Å². The summed E-state index contributed by atoms with van der Waals surface area (Å²) < 4.78 is 17.9. The molecule has 4 fully saturated rings. The van der Waals surface area contributed by atoms with E-state index in [1.165, 1.54) is 0 Å². The van der Waals surface area contributed by atoms with Gasteiger partial charge in [0.2, 0.25) is 0 Å². The molecule has 6 nitrogen and oxygen atoms in total. The van der Waals surface area contributed by atoms with Crippen LogP contribution in [0.3, 0.4) is 0 Å². The van der Waals surface area contributed by atoms with Crippen LogP contribution in [0.1, 0.15) is 40.0 Å². The van der Waals surface area contributed by atoms with Crippen LogP contribution in [0.25, 0.3) is 0 Å². The Labute approximate surface area is 162 Å². The Morgan fingerprint density at radius 3 is 2.74 bits per heavy atom. The number of carbonyl (C=O) groups is 1. The van der Waals surface area contributed by atoms with Gasteiger partial charge in [-0.15, -0.1) is 11.6 Å². The van der Waals surface area contributed by atoms with E-state index in [9.17, 15) is 15.0 Å². The van der Waals surface area contributed by atoms with Gasteiger partial charge in [-0.2, -0.15) is 0 Å². The lowest BCUT2D eigenvalue weighted by Crippen LogP contribution is -2.75. The zero-order valence-corrected chi connectivity index (χ0v) is 16.5. The highest BCUT2D eigenvalue weighted by Gasteiger charge is 2.96. The van der Waals surface area contributed by atoms with Crippen molar-refractivity contribution in [1.29, 1.82) is 0 Å². The highest BCUT2D eigenvalue weighted by atomic mass is 35.5. The van der Waals surface area contributed by atoms with Crippen LogP contribution in [0.2, 0.25) is 0 Å². The molecule has 3 aliphatic carbocycles. The molecule has 9 atom stereocenters. The zero-order chi connectivity index (χ0) is 19.1. The van der Waals surface area contributed by atoms with Gasteiger partial charge in [-0.25, -0.2) is 4.79 Å². The lowest BCUT2D eigenvalue weighted by Gasteiger charge is -2.56. The van der Waals surface area contributed by atoms with Gasteiger partial charge in [0.05, 0.1) is 11.5 Å². The minimum absolute atomic E-state index is 0.111. The summed E-state index contributed by atoms with van der Waals surface area (Å²) in [5, 5.41) is 22.0. The Balaban J connectivity index is 1.50. The fraction of sp³-hybridized carbons (Fsp3) is 0.850. The number of halogens is 1. The summed E-state index contributed by atoms with van der Waals surface area (Å²) in [6.45, 7) is 6.26. The van der Waals surface area contributed by atoms with Crippen molar-refractivity contribution < 1.29 is 29.2 Å². The third kappa shape index (κ3) is 1.49. The standard InChI is InChI=1S/C20H25ClO6/c1-8(2)18(24)13(21)14-20(27-14)17(3)5-4-9-10(7-25-15(9)22)11(17)6-12-19(20,26-12)16(18)23/h8,11-14,16,23-24H,4-7H2,1-3H3/t11-,12+,13-,14+,16-,17+,18+,19-,20-/m1/s1. The number of cyclic esters (lactones) is 1. The predicted octanol–water partition coefficient (Wildman–Crippen LogP) is 1.30. The SMILES string of the molecule is CC(C)[C@]1(O)[C@H](Cl)[C@@H]2O[C@]23[C@]2(O[C@H]2C[C@@H]2C4=C(CC[C@@]23C)C(=O)OC4)[C@@H]1O.